The maximum atomic E-state index is 14.4. The van der Waals surface area contributed by atoms with Crippen LogP contribution in [-0.4, -0.2) is 85.3 Å². The number of methoxy groups -OCH3 is 2. The number of hydrogen-bond donors (Lipinski definition) is 2. The number of rotatable bonds is 7. The fourth-order valence-electron chi connectivity index (χ4n) is 5.28. The van der Waals surface area contributed by atoms with Crippen LogP contribution in [0.1, 0.15) is 34.8 Å². The van der Waals surface area contributed by atoms with Gasteiger partial charge in [-0.2, -0.15) is 0 Å². The van der Waals surface area contributed by atoms with Gasteiger partial charge in [-0.15, -0.1) is 0 Å². The molecular weight excluding hydrogens is 449 g/mol. The van der Waals surface area contributed by atoms with Gasteiger partial charge in [-0.05, 0) is 37.1 Å². The maximum absolute atomic E-state index is 14.4. The summed E-state index contributed by atoms with van der Waals surface area (Å²) in [5.41, 5.74) is 8.09. The Bertz CT molecular complexity index is 1310. The minimum atomic E-state index is -0.533. The van der Waals surface area contributed by atoms with E-state index in [1.54, 1.807) is 19.3 Å². The molecule has 2 unspecified atom stereocenters. The van der Waals surface area contributed by atoms with Gasteiger partial charge in [0.1, 0.15) is 5.76 Å². The second-order valence-electron chi connectivity index (χ2n) is 9.31. The van der Waals surface area contributed by atoms with Gasteiger partial charge in [0.25, 0.3) is 5.91 Å². The van der Waals surface area contributed by atoms with Crippen LogP contribution in [0, 0.1) is 0 Å². The van der Waals surface area contributed by atoms with Crippen LogP contribution in [0.3, 0.4) is 0 Å². The standard InChI is InChI=1S/C26H32FN5O3/c1-34-12-11-31-7-9-32(10-8-31)17-4-5-18-22(14-17)30-25-19(26(28)33)15-21(29-24(18)25)16-3-6-23(35-2)20(27)13-16/h5-6,13-17,30H,3-4,7-12H2,1-2H3,(H2,28,33). The molecule has 3 N–H and O–H groups in total. The fraction of sp³-hybridized carbons (Fsp3) is 0.462. The average Bonchev–Trinajstić information content (AvgIpc) is 3.24. The molecule has 0 bridgehead atoms. The van der Waals surface area contributed by atoms with Gasteiger partial charge in [0.2, 0.25) is 0 Å². The van der Waals surface area contributed by atoms with Crippen molar-refractivity contribution in [2.45, 2.75) is 24.8 Å². The Morgan fingerprint density at radius 2 is 2.00 bits per heavy atom. The predicted octanol–water partition coefficient (Wildman–Crippen LogP) is 1.13. The van der Waals surface area contributed by atoms with Gasteiger partial charge in [0, 0.05) is 68.1 Å². The molecule has 1 amide bonds. The number of pyridine rings is 1. The molecule has 1 saturated heterocycles. The number of aromatic nitrogens is 2. The number of primary amides is 1. The van der Waals surface area contributed by atoms with Gasteiger partial charge in [0.05, 0.1) is 30.3 Å². The van der Waals surface area contributed by atoms with Crippen molar-refractivity contribution in [2.75, 3.05) is 53.6 Å². The van der Waals surface area contributed by atoms with E-state index in [-0.39, 0.29) is 17.7 Å². The fourth-order valence-corrected chi connectivity index (χ4v) is 5.28. The van der Waals surface area contributed by atoms with Crippen molar-refractivity contribution in [2.24, 2.45) is 5.73 Å². The van der Waals surface area contributed by atoms with E-state index < -0.39 is 11.7 Å². The summed E-state index contributed by atoms with van der Waals surface area (Å²) in [6.07, 6.45) is 9.04. The number of halogens is 1. The number of nitrogens with zero attached hydrogens (tertiary/aromatic N) is 3. The Morgan fingerprint density at radius 3 is 2.69 bits per heavy atom. The minimum Gasteiger partial charge on any atom is -0.494 e. The van der Waals surface area contributed by atoms with Gasteiger partial charge in [-0.25, -0.2) is 9.37 Å². The molecule has 0 saturated carbocycles. The van der Waals surface area contributed by atoms with Crippen LogP contribution in [0.5, 0.6) is 0 Å². The molecule has 2 atom stereocenters. The van der Waals surface area contributed by atoms with Gasteiger partial charge in [0.15, 0.2) is 5.83 Å². The number of allylic oxidation sites excluding steroid dienone is 3. The molecule has 0 spiro atoms. The van der Waals surface area contributed by atoms with Crippen molar-refractivity contribution in [3.05, 3.63) is 51.6 Å². The van der Waals surface area contributed by atoms with Crippen molar-refractivity contribution < 1.29 is 18.7 Å². The number of amides is 1. The smallest absolute Gasteiger partial charge is 0.250 e. The molecule has 2 aromatic heterocycles. The molecule has 2 aliphatic carbocycles. The van der Waals surface area contributed by atoms with Crippen LogP contribution >= 0.6 is 0 Å². The first kappa shape index (κ1) is 23.7. The number of hydrogen-bond acceptors (Lipinski definition) is 6. The van der Waals surface area contributed by atoms with Gasteiger partial charge >= 0.3 is 0 Å². The highest BCUT2D eigenvalue weighted by molar-refractivity contribution is 6.04. The zero-order valence-corrected chi connectivity index (χ0v) is 20.2. The summed E-state index contributed by atoms with van der Waals surface area (Å²) >= 11 is 0. The zero-order valence-electron chi connectivity index (χ0n) is 20.2. The van der Waals surface area contributed by atoms with E-state index in [4.69, 9.17) is 20.2 Å². The summed E-state index contributed by atoms with van der Waals surface area (Å²) in [6.45, 7) is 5.76. The third-order valence-electron chi connectivity index (χ3n) is 7.26. The van der Waals surface area contributed by atoms with E-state index in [1.807, 2.05) is 0 Å². The molecule has 3 heterocycles. The number of carbonyl (C=O) groups excluding carboxylic acids is 1. The first-order valence-corrected chi connectivity index (χ1v) is 12.1. The Morgan fingerprint density at radius 1 is 1.20 bits per heavy atom. The van der Waals surface area contributed by atoms with Gasteiger partial charge in [-0.1, -0.05) is 6.08 Å². The third-order valence-corrected chi connectivity index (χ3v) is 7.26. The Hall–Kier alpha value is -3.01. The molecule has 186 valence electrons. The highest BCUT2D eigenvalue weighted by atomic mass is 19.1. The lowest BCUT2D eigenvalue weighted by atomic mass is 9.94. The second kappa shape index (κ2) is 9.93. The number of H-pyrrole nitrogens is 1. The summed E-state index contributed by atoms with van der Waals surface area (Å²) in [4.78, 5) is 25.6. The first-order valence-electron chi connectivity index (χ1n) is 12.1. The molecule has 5 rings (SSSR count). The van der Waals surface area contributed by atoms with Crippen molar-refractivity contribution in [1.29, 1.82) is 0 Å². The van der Waals surface area contributed by atoms with Crippen LogP contribution in [0.4, 0.5) is 4.39 Å². The zero-order chi connectivity index (χ0) is 24.5. The van der Waals surface area contributed by atoms with Crippen molar-refractivity contribution in [3.63, 3.8) is 0 Å². The Kier molecular flexibility index (Phi) is 6.73. The number of fused-ring (bicyclic) bond motifs is 3. The lowest BCUT2D eigenvalue weighted by Crippen LogP contribution is -2.51. The van der Waals surface area contributed by atoms with Crippen LogP contribution in [-0.2, 0) is 9.47 Å². The summed E-state index contributed by atoms with van der Waals surface area (Å²) in [6, 6.07) is 1.97. The summed E-state index contributed by atoms with van der Waals surface area (Å²) < 4.78 is 24.7. The predicted molar refractivity (Wildman–Crippen MR) is 133 cm³/mol. The minimum absolute atomic E-state index is 0.227. The normalized spacial score (nSPS) is 23.2. The molecule has 0 radical (unpaired) electrons. The van der Waals surface area contributed by atoms with E-state index in [0.29, 0.717) is 28.7 Å². The molecule has 3 aliphatic rings. The summed E-state index contributed by atoms with van der Waals surface area (Å²) in [5.74, 6) is -1.02. The number of piperazine rings is 1. The molecule has 0 aromatic carbocycles. The molecule has 1 fully saturated rings. The molecule has 2 aromatic rings. The quantitative estimate of drug-likeness (QED) is 0.616. The lowest BCUT2D eigenvalue weighted by molar-refractivity contribution is 0.0884. The second-order valence-corrected chi connectivity index (χ2v) is 9.31. The highest BCUT2D eigenvalue weighted by Crippen LogP contribution is 2.32. The molecular formula is C26H32FN5O3. The van der Waals surface area contributed by atoms with Gasteiger partial charge in [-0.3, -0.25) is 14.6 Å². The third kappa shape index (κ3) is 4.63. The van der Waals surface area contributed by atoms with E-state index in [0.717, 1.165) is 56.3 Å². The SMILES string of the molecule is COCCN1CCN(C2C=c3[nH]c4c(C(N)=O)cc(C5C=C(F)C(OC)=CC5)nc4c3=CC2)CC1. The van der Waals surface area contributed by atoms with Crippen molar-refractivity contribution in [3.8, 4) is 0 Å². The summed E-state index contributed by atoms with van der Waals surface area (Å²) in [7, 11) is 3.18. The Labute approximate surface area is 203 Å². The largest absolute Gasteiger partial charge is 0.494 e. The maximum Gasteiger partial charge on any atom is 0.250 e. The van der Waals surface area contributed by atoms with E-state index in [2.05, 4.69) is 26.9 Å². The number of ether oxygens (including phenoxy) is 2. The number of carbonyl (C=O) groups is 1. The van der Waals surface area contributed by atoms with Crippen LogP contribution < -0.4 is 16.3 Å². The van der Waals surface area contributed by atoms with Gasteiger partial charge < -0.3 is 20.2 Å². The number of nitrogens with one attached hydrogen (secondary N) is 1. The van der Waals surface area contributed by atoms with Crippen molar-refractivity contribution >= 4 is 29.1 Å². The average molecular weight is 482 g/mol. The Balaban J connectivity index is 1.46. The first-order chi connectivity index (χ1) is 17.0. The van der Waals surface area contributed by atoms with Crippen LogP contribution in [0.15, 0.2) is 29.8 Å². The number of nitrogens with two attached hydrogens (primary N) is 1. The van der Waals surface area contributed by atoms with Crippen LogP contribution in [0.2, 0.25) is 0 Å². The highest BCUT2D eigenvalue weighted by Gasteiger charge is 2.26. The molecule has 9 heteroatoms. The van der Waals surface area contributed by atoms with E-state index >= 15 is 0 Å². The summed E-state index contributed by atoms with van der Waals surface area (Å²) in [5, 5.41) is 1.94. The van der Waals surface area contributed by atoms with Crippen molar-refractivity contribution in [1.82, 2.24) is 19.8 Å². The number of aromatic amines is 1. The molecule has 1 aliphatic heterocycles. The topological polar surface area (TPSA) is 96.7 Å². The molecule has 8 nitrogen and oxygen atoms in total. The van der Waals surface area contributed by atoms with E-state index in [9.17, 15) is 9.18 Å². The van der Waals surface area contributed by atoms with E-state index in [1.165, 1.54) is 13.2 Å². The monoisotopic (exact) mass is 481 g/mol. The van der Waals surface area contributed by atoms with Crippen LogP contribution in [0.25, 0.3) is 23.2 Å². The lowest BCUT2D eigenvalue weighted by Gasteiger charge is -2.38. The molecule has 35 heavy (non-hydrogen) atoms.